The molecule has 0 bridgehead atoms. The summed E-state index contributed by atoms with van der Waals surface area (Å²) < 4.78 is 36.4. The van der Waals surface area contributed by atoms with Gasteiger partial charge < -0.3 is 10.1 Å². The Labute approximate surface area is 248 Å². The van der Waals surface area contributed by atoms with Gasteiger partial charge in [-0.25, -0.2) is 8.42 Å². The van der Waals surface area contributed by atoms with E-state index in [1.54, 1.807) is 16.4 Å². The molecule has 42 heavy (non-hydrogen) atoms. The van der Waals surface area contributed by atoms with Crippen LogP contribution in [-0.4, -0.2) is 68.0 Å². The second-order valence-electron chi connectivity index (χ2n) is 11.6. The number of morpholine rings is 1. The lowest BCUT2D eigenvalue weighted by atomic mass is 9.90. The first-order valence-corrected chi connectivity index (χ1v) is 16.0. The fraction of sp³-hybridized carbons (Fsp3) is 0.324. The molecule has 1 amide bonds. The lowest BCUT2D eigenvalue weighted by Crippen LogP contribution is -2.64. The molecule has 2 heterocycles. The van der Waals surface area contributed by atoms with Crippen molar-refractivity contribution in [3.8, 4) is 0 Å². The zero-order valence-corrected chi connectivity index (χ0v) is 24.7. The van der Waals surface area contributed by atoms with E-state index in [0.717, 1.165) is 47.0 Å². The first-order valence-electron chi connectivity index (χ1n) is 14.6. The highest BCUT2D eigenvalue weighted by atomic mass is 32.2. The van der Waals surface area contributed by atoms with Crippen molar-refractivity contribution in [2.45, 2.75) is 42.7 Å². The number of carbonyl (C=O) groups excluding carboxylic acids is 1. The molecule has 0 aliphatic carbocycles. The Morgan fingerprint density at radius 2 is 1.67 bits per heavy atom. The van der Waals surface area contributed by atoms with Gasteiger partial charge in [-0.1, -0.05) is 84.4 Å². The van der Waals surface area contributed by atoms with E-state index in [1.165, 1.54) is 0 Å². The number of carbonyl (C=O) groups is 1. The van der Waals surface area contributed by atoms with Gasteiger partial charge in [0.05, 0.1) is 29.7 Å². The van der Waals surface area contributed by atoms with Crippen LogP contribution in [0.5, 0.6) is 0 Å². The number of sulfonamides is 1. The van der Waals surface area contributed by atoms with E-state index in [4.69, 9.17) is 4.74 Å². The smallest absolute Gasteiger partial charge is 0.243 e. The molecule has 2 saturated heterocycles. The van der Waals surface area contributed by atoms with E-state index in [0.29, 0.717) is 24.5 Å². The zero-order valence-electron chi connectivity index (χ0n) is 23.9. The van der Waals surface area contributed by atoms with Crippen LogP contribution in [0.1, 0.15) is 24.0 Å². The number of benzene rings is 4. The average Bonchev–Trinajstić information content (AvgIpc) is 2.99. The first kappa shape index (κ1) is 28.6. The summed E-state index contributed by atoms with van der Waals surface area (Å²) in [6.07, 6.45) is 2.13. The Morgan fingerprint density at radius 3 is 2.48 bits per heavy atom. The molecular weight excluding hydrogens is 546 g/mol. The van der Waals surface area contributed by atoms with Gasteiger partial charge in [0, 0.05) is 24.2 Å². The second kappa shape index (κ2) is 12.0. The standard InChI is InChI=1S/C34H37N3O4S/c1-26-15-17-30(18-16-26)42(39,40)37-25-34(41-23-29(37)21-27-9-3-2-4-10-27)19-8-20-36(24-34)22-33(38)35-32-14-7-12-28-11-5-6-13-31(28)32/h2-7,9-18,29H,8,19-25H2,1H3,(H,35,38)/t29-,34+/m0/s1. The topological polar surface area (TPSA) is 79.0 Å². The number of hydrogen-bond donors (Lipinski definition) is 1. The number of ether oxygens (including phenoxy) is 1. The van der Waals surface area contributed by atoms with Crippen molar-refractivity contribution < 1.29 is 17.9 Å². The molecule has 2 fully saturated rings. The van der Waals surface area contributed by atoms with E-state index in [9.17, 15) is 13.2 Å². The lowest BCUT2D eigenvalue weighted by molar-refractivity contribution is -0.144. The van der Waals surface area contributed by atoms with Crippen LogP contribution in [0.15, 0.2) is 102 Å². The summed E-state index contributed by atoms with van der Waals surface area (Å²) in [5.41, 5.74) is 2.19. The molecule has 0 radical (unpaired) electrons. The van der Waals surface area contributed by atoms with Gasteiger partial charge in [0.2, 0.25) is 15.9 Å². The number of hydrogen-bond acceptors (Lipinski definition) is 5. The SMILES string of the molecule is Cc1ccc(S(=O)(=O)N2C[C@]3(CCCN(CC(=O)Nc4cccc5ccccc45)C3)OC[C@@H]2Cc2ccccc2)cc1. The summed E-state index contributed by atoms with van der Waals surface area (Å²) in [7, 11) is -3.77. The molecule has 2 aliphatic rings. The maximum atomic E-state index is 14.1. The third kappa shape index (κ3) is 6.13. The van der Waals surface area contributed by atoms with Crippen LogP contribution >= 0.6 is 0 Å². The van der Waals surface area contributed by atoms with Gasteiger partial charge in [-0.15, -0.1) is 0 Å². The van der Waals surface area contributed by atoms with Crippen molar-refractivity contribution in [1.82, 2.24) is 9.21 Å². The van der Waals surface area contributed by atoms with E-state index in [2.05, 4.69) is 10.2 Å². The van der Waals surface area contributed by atoms with E-state index in [-0.39, 0.29) is 25.0 Å². The molecule has 4 aromatic rings. The Kier molecular flexibility index (Phi) is 8.14. The molecule has 2 atom stereocenters. The minimum Gasteiger partial charge on any atom is -0.371 e. The van der Waals surface area contributed by atoms with Crippen LogP contribution in [0, 0.1) is 6.92 Å². The Morgan fingerprint density at radius 1 is 0.929 bits per heavy atom. The second-order valence-corrected chi connectivity index (χ2v) is 13.5. The summed E-state index contributed by atoms with van der Waals surface area (Å²) in [6, 6.07) is 30.6. The van der Waals surface area contributed by atoms with Gasteiger partial charge in [0.25, 0.3) is 0 Å². The van der Waals surface area contributed by atoms with Crippen LogP contribution in [0.2, 0.25) is 0 Å². The molecule has 7 nitrogen and oxygen atoms in total. The fourth-order valence-electron chi connectivity index (χ4n) is 6.29. The van der Waals surface area contributed by atoms with Gasteiger partial charge in [-0.2, -0.15) is 4.31 Å². The molecule has 1 spiro atoms. The van der Waals surface area contributed by atoms with Crippen LogP contribution < -0.4 is 5.32 Å². The monoisotopic (exact) mass is 583 g/mol. The van der Waals surface area contributed by atoms with Crippen molar-refractivity contribution in [1.29, 1.82) is 0 Å². The maximum absolute atomic E-state index is 14.1. The summed E-state index contributed by atoms with van der Waals surface area (Å²) in [4.78, 5) is 15.6. The predicted molar refractivity (Wildman–Crippen MR) is 166 cm³/mol. The normalized spacial score (nSPS) is 21.9. The quantitative estimate of drug-likeness (QED) is 0.321. The zero-order chi connectivity index (χ0) is 29.2. The molecule has 6 rings (SSSR count). The molecular formula is C34H37N3O4S. The number of nitrogens with zero attached hydrogens (tertiary/aromatic N) is 2. The number of amides is 1. The van der Waals surface area contributed by atoms with Crippen molar-refractivity contribution in [3.05, 3.63) is 108 Å². The number of anilines is 1. The van der Waals surface area contributed by atoms with E-state index < -0.39 is 15.6 Å². The number of fused-ring (bicyclic) bond motifs is 1. The molecule has 0 aromatic heterocycles. The molecule has 0 unspecified atom stereocenters. The third-order valence-corrected chi connectivity index (χ3v) is 10.3. The summed E-state index contributed by atoms with van der Waals surface area (Å²) in [6.45, 7) is 3.97. The van der Waals surface area contributed by atoms with Crippen molar-refractivity contribution in [3.63, 3.8) is 0 Å². The summed E-state index contributed by atoms with van der Waals surface area (Å²) in [5, 5.41) is 5.16. The number of aryl methyl sites for hydroxylation is 1. The Bertz CT molecular complexity index is 1650. The molecule has 2 aliphatic heterocycles. The number of rotatable bonds is 7. The number of likely N-dealkylation sites (tertiary alicyclic amines) is 1. The molecule has 0 saturated carbocycles. The van der Waals surface area contributed by atoms with Gasteiger partial charge >= 0.3 is 0 Å². The highest BCUT2D eigenvalue weighted by molar-refractivity contribution is 7.89. The molecule has 218 valence electrons. The third-order valence-electron chi connectivity index (χ3n) is 8.42. The van der Waals surface area contributed by atoms with Gasteiger partial charge in [-0.05, 0) is 61.9 Å². The van der Waals surface area contributed by atoms with Crippen molar-refractivity contribution in [2.75, 3.05) is 38.1 Å². The minimum absolute atomic E-state index is 0.0923. The number of nitrogens with one attached hydrogen (secondary N) is 1. The molecule has 1 N–H and O–H groups in total. The van der Waals surface area contributed by atoms with Gasteiger partial charge in [-0.3, -0.25) is 9.69 Å². The molecule has 4 aromatic carbocycles. The van der Waals surface area contributed by atoms with Crippen molar-refractivity contribution >= 4 is 32.4 Å². The predicted octanol–water partition coefficient (Wildman–Crippen LogP) is 5.25. The van der Waals surface area contributed by atoms with Crippen LogP contribution in [0.4, 0.5) is 5.69 Å². The maximum Gasteiger partial charge on any atom is 0.243 e. The van der Waals surface area contributed by atoms with E-state index in [1.807, 2.05) is 91.9 Å². The first-order chi connectivity index (χ1) is 20.3. The van der Waals surface area contributed by atoms with Crippen LogP contribution in [-0.2, 0) is 26.0 Å². The highest BCUT2D eigenvalue weighted by Crippen LogP contribution is 2.35. The van der Waals surface area contributed by atoms with E-state index >= 15 is 0 Å². The Balaban J connectivity index is 1.20. The Hall–Kier alpha value is -3.56. The fourth-order valence-corrected chi connectivity index (χ4v) is 7.97. The summed E-state index contributed by atoms with van der Waals surface area (Å²) >= 11 is 0. The van der Waals surface area contributed by atoms with Gasteiger partial charge in [0.15, 0.2) is 0 Å². The van der Waals surface area contributed by atoms with Crippen LogP contribution in [0.25, 0.3) is 10.8 Å². The largest absolute Gasteiger partial charge is 0.371 e. The number of piperidine rings is 1. The minimum atomic E-state index is -3.77. The van der Waals surface area contributed by atoms with Gasteiger partial charge in [0.1, 0.15) is 0 Å². The van der Waals surface area contributed by atoms with Crippen LogP contribution in [0.3, 0.4) is 0 Å². The summed E-state index contributed by atoms with van der Waals surface area (Å²) in [5.74, 6) is -0.0923. The lowest BCUT2D eigenvalue weighted by Gasteiger charge is -2.50. The van der Waals surface area contributed by atoms with Crippen molar-refractivity contribution in [2.24, 2.45) is 0 Å². The molecule has 8 heteroatoms. The highest BCUT2D eigenvalue weighted by Gasteiger charge is 2.47. The average molecular weight is 584 g/mol.